The molecule has 0 aliphatic carbocycles. The Kier molecular flexibility index (Phi) is 6.64. The van der Waals surface area contributed by atoms with Gasteiger partial charge in [-0.15, -0.1) is 0 Å². The normalized spacial score (nSPS) is 11.5. The van der Waals surface area contributed by atoms with Crippen molar-refractivity contribution in [2.24, 2.45) is 0 Å². The molecule has 1 aromatic heterocycles. The molecular formula is C20H28N2O3S. The Labute approximate surface area is 156 Å². The lowest BCUT2D eigenvalue weighted by molar-refractivity contribution is -0.116. The topological polar surface area (TPSA) is 68.2 Å². The molecule has 0 spiro atoms. The van der Waals surface area contributed by atoms with E-state index in [0.29, 0.717) is 24.3 Å². The van der Waals surface area contributed by atoms with Crippen LogP contribution in [0.25, 0.3) is 0 Å². The second-order valence-corrected chi connectivity index (χ2v) is 8.39. The molecule has 1 heterocycles. The number of aromatic nitrogens is 1. The van der Waals surface area contributed by atoms with Gasteiger partial charge in [-0.05, 0) is 44.4 Å². The number of carbonyl (C=O) groups excluding carboxylic acids is 1. The van der Waals surface area contributed by atoms with E-state index < -0.39 is 9.84 Å². The van der Waals surface area contributed by atoms with Gasteiger partial charge in [-0.2, -0.15) is 0 Å². The fourth-order valence-corrected chi connectivity index (χ4v) is 4.76. The highest BCUT2D eigenvalue weighted by Crippen LogP contribution is 2.35. The van der Waals surface area contributed by atoms with Crippen LogP contribution < -0.4 is 5.32 Å². The molecule has 142 valence electrons. The Morgan fingerprint density at radius 1 is 1.08 bits per heavy atom. The van der Waals surface area contributed by atoms with Crippen molar-refractivity contribution in [2.45, 2.75) is 69.7 Å². The first-order chi connectivity index (χ1) is 12.3. The lowest BCUT2D eigenvalue weighted by Gasteiger charge is -2.14. The smallest absolute Gasteiger partial charge is 0.225 e. The summed E-state index contributed by atoms with van der Waals surface area (Å²) in [5, 5.41) is 2.88. The zero-order chi connectivity index (χ0) is 19.3. The molecule has 0 aliphatic rings. The predicted molar refractivity (Wildman–Crippen MR) is 104 cm³/mol. The SMILES string of the molecule is CCCCC(=O)Nc1c(S(=O)(=O)c2ccccc2)c(C)c(C)n1CCC. The fraction of sp³-hybridized carbons (Fsp3) is 0.450. The molecule has 0 aliphatic heterocycles. The summed E-state index contributed by atoms with van der Waals surface area (Å²) in [6.07, 6.45) is 2.92. The Morgan fingerprint density at radius 2 is 1.73 bits per heavy atom. The van der Waals surface area contributed by atoms with Crippen molar-refractivity contribution in [3.8, 4) is 0 Å². The maximum absolute atomic E-state index is 13.3. The lowest BCUT2D eigenvalue weighted by Crippen LogP contribution is -2.17. The highest BCUT2D eigenvalue weighted by molar-refractivity contribution is 7.91. The number of sulfone groups is 1. The van der Waals surface area contributed by atoms with E-state index in [0.717, 1.165) is 25.0 Å². The first-order valence-electron chi connectivity index (χ1n) is 9.14. The number of benzene rings is 1. The van der Waals surface area contributed by atoms with E-state index >= 15 is 0 Å². The Balaban J connectivity index is 2.61. The van der Waals surface area contributed by atoms with Gasteiger partial charge >= 0.3 is 0 Å². The molecule has 0 bridgehead atoms. The molecule has 2 rings (SSSR count). The summed E-state index contributed by atoms with van der Waals surface area (Å²) in [4.78, 5) is 12.8. The minimum Gasteiger partial charge on any atom is -0.331 e. The summed E-state index contributed by atoms with van der Waals surface area (Å²) in [6, 6.07) is 8.37. The number of rotatable bonds is 8. The van der Waals surface area contributed by atoms with Crippen LogP contribution in [0.5, 0.6) is 0 Å². The zero-order valence-corrected chi connectivity index (χ0v) is 16.8. The first kappa shape index (κ1) is 20.2. The monoisotopic (exact) mass is 376 g/mol. The largest absolute Gasteiger partial charge is 0.331 e. The number of hydrogen-bond donors (Lipinski definition) is 1. The molecular weight excluding hydrogens is 348 g/mol. The van der Waals surface area contributed by atoms with Crippen molar-refractivity contribution in [3.05, 3.63) is 41.6 Å². The molecule has 0 atom stereocenters. The van der Waals surface area contributed by atoms with Gasteiger partial charge in [-0.3, -0.25) is 4.79 Å². The van der Waals surface area contributed by atoms with Gasteiger partial charge in [0.25, 0.3) is 0 Å². The minimum atomic E-state index is -3.72. The van der Waals surface area contributed by atoms with E-state index in [2.05, 4.69) is 5.32 Å². The Morgan fingerprint density at radius 3 is 2.31 bits per heavy atom. The maximum Gasteiger partial charge on any atom is 0.225 e. The van der Waals surface area contributed by atoms with E-state index in [4.69, 9.17) is 0 Å². The second-order valence-electron chi connectivity index (χ2n) is 6.51. The van der Waals surface area contributed by atoms with Gasteiger partial charge in [0.1, 0.15) is 10.7 Å². The standard InChI is InChI=1S/C20H28N2O3S/c1-5-7-13-18(23)21-20-19(15(3)16(4)22(20)14-6-2)26(24,25)17-11-9-8-10-12-17/h8-12H,5-7,13-14H2,1-4H3,(H,21,23). The van der Waals surface area contributed by atoms with Crippen molar-refractivity contribution in [1.29, 1.82) is 0 Å². The third-order valence-electron chi connectivity index (χ3n) is 4.56. The number of carbonyl (C=O) groups is 1. The minimum absolute atomic E-state index is 0.147. The van der Waals surface area contributed by atoms with E-state index in [9.17, 15) is 13.2 Å². The van der Waals surface area contributed by atoms with Gasteiger partial charge in [0.15, 0.2) is 0 Å². The zero-order valence-electron chi connectivity index (χ0n) is 16.0. The second kappa shape index (κ2) is 8.54. The van der Waals surface area contributed by atoms with E-state index in [-0.39, 0.29) is 15.7 Å². The van der Waals surface area contributed by atoms with Crippen molar-refractivity contribution >= 4 is 21.6 Å². The Hall–Kier alpha value is -2.08. The highest BCUT2D eigenvalue weighted by atomic mass is 32.2. The molecule has 2 aromatic rings. The molecule has 1 amide bonds. The molecule has 1 N–H and O–H groups in total. The number of nitrogens with zero attached hydrogens (tertiary/aromatic N) is 1. The molecule has 0 radical (unpaired) electrons. The summed E-state index contributed by atoms with van der Waals surface area (Å²) < 4.78 is 28.5. The van der Waals surface area contributed by atoms with Crippen LogP contribution in [0, 0.1) is 13.8 Å². The van der Waals surface area contributed by atoms with Crippen LogP contribution in [-0.4, -0.2) is 18.9 Å². The molecule has 1 aromatic carbocycles. The van der Waals surface area contributed by atoms with Crippen molar-refractivity contribution in [2.75, 3.05) is 5.32 Å². The fourth-order valence-electron chi connectivity index (χ4n) is 3.04. The Bertz CT molecular complexity index is 868. The molecule has 0 saturated heterocycles. The summed E-state index contributed by atoms with van der Waals surface area (Å²) in [6.45, 7) is 8.41. The van der Waals surface area contributed by atoms with E-state index in [1.807, 2.05) is 25.3 Å². The number of hydrogen-bond acceptors (Lipinski definition) is 3. The average molecular weight is 377 g/mol. The maximum atomic E-state index is 13.3. The summed E-state index contributed by atoms with van der Waals surface area (Å²) >= 11 is 0. The third kappa shape index (κ3) is 4.01. The number of amides is 1. The van der Waals surface area contributed by atoms with Crippen LogP contribution >= 0.6 is 0 Å². The van der Waals surface area contributed by atoms with Crippen LogP contribution in [0.15, 0.2) is 40.1 Å². The molecule has 0 saturated carbocycles. The van der Waals surface area contributed by atoms with E-state index in [1.165, 1.54) is 0 Å². The molecule has 0 fully saturated rings. The summed E-state index contributed by atoms with van der Waals surface area (Å²) in [5.74, 6) is 0.248. The molecule has 5 nitrogen and oxygen atoms in total. The highest BCUT2D eigenvalue weighted by Gasteiger charge is 2.30. The van der Waals surface area contributed by atoms with Gasteiger partial charge < -0.3 is 9.88 Å². The van der Waals surface area contributed by atoms with Crippen LogP contribution in [0.1, 0.15) is 50.8 Å². The van der Waals surface area contributed by atoms with Crippen molar-refractivity contribution < 1.29 is 13.2 Å². The molecule has 6 heteroatoms. The predicted octanol–water partition coefficient (Wildman–Crippen LogP) is 4.48. The van der Waals surface area contributed by atoms with Crippen molar-refractivity contribution in [3.63, 3.8) is 0 Å². The van der Waals surface area contributed by atoms with Gasteiger partial charge in [0, 0.05) is 18.7 Å². The van der Waals surface area contributed by atoms with Gasteiger partial charge in [-0.25, -0.2) is 8.42 Å². The molecule has 0 unspecified atom stereocenters. The van der Waals surface area contributed by atoms with Gasteiger partial charge in [-0.1, -0.05) is 38.5 Å². The average Bonchev–Trinajstić information content (AvgIpc) is 2.86. The van der Waals surface area contributed by atoms with Crippen molar-refractivity contribution in [1.82, 2.24) is 4.57 Å². The molecule has 26 heavy (non-hydrogen) atoms. The quantitative estimate of drug-likeness (QED) is 0.739. The first-order valence-corrected chi connectivity index (χ1v) is 10.6. The van der Waals surface area contributed by atoms with Crippen LogP contribution in [0.4, 0.5) is 5.82 Å². The van der Waals surface area contributed by atoms with Gasteiger partial charge in [0.05, 0.1) is 4.90 Å². The van der Waals surface area contributed by atoms with Crippen LogP contribution in [0.3, 0.4) is 0 Å². The van der Waals surface area contributed by atoms with Gasteiger partial charge in [0.2, 0.25) is 15.7 Å². The third-order valence-corrected chi connectivity index (χ3v) is 6.49. The number of nitrogens with one attached hydrogen (secondary N) is 1. The summed E-state index contributed by atoms with van der Waals surface area (Å²) in [5.41, 5.74) is 1.56. The summed E-state index contributed by atoms with van der Waals surface area (Å²) in [7, 11) is -3.72. The van der Waals surface area contributed by atoms with Crippen LogP contribution in [0.2, 0.25) is 0 Å². The lowest BCUT2D eigenvalue weighted by atomic mass is 10.2. The number of unbranched alkanes of at least 4 members (excludes halogenated alkanes) is 1. The number of anilines is 1. The van der Waals surface area contributed by atoms with Crippen LogP contribution in [-0.2, 0) is 21.2 Å². The van der Waals surface area contributed by atoms with E-state index in [1.54, 1.807) is 37.3 Å².